The van der Waals surface area contributed by atoms with Crippen molar-refractivity contribution in [2.45, 2.75) is 28.8 Å². The zero-order valence-electron chi connectivity index (χ0n) is 12.4. The maximum absolute atomic E-state index is 12.6. The van der Waals surface area contributed by atoms with Gasteiger partial charge in [0.15, 0.2) is 5.16 Å². The molecule has 3 rings (SSSR count). The van der Waals surface area contributed by atoms with Crippen molar-refractivity contribution in [3.05, 3.63) is 51.9 Å². The molecule has 0 bridgehead atoms. The topological polar surface area (TPSA) is 44.1 Å². The Kier molecular flexibility index (Phi) is 5.23. The number of ether oxygens (including phenoxy) is 1. The maximum Gasteiger partial charge on any atom is 0.268 e. The highest BCUT2D eigenvalue weighted by molar-refractivity contribution is 7.99. The zero-order chi connectivity index (χ0) is 15.4. The molecule has 0 fully saturated rings. The van der Waals surface area contributed by atoms with Gasteiger partial charge < -0.3 is 4.74 Å². The Morgan fingerprint density at radius 1 is 1.36 bits per heavy atom. The van der Waals surface area contributed by atoms with E-state index in [-0.39, 0.29) is 5.56 Å². The van der Waals surface area contributed by atoms with Gasteiger partial charge in [0, 0.05) is 25.0 Å². The molecule has 0 saturated carbocycles. The number of aryl methyl sites for hydroxylation is 1. The minimum absolute atomic E-state index is 0.0834. The Bertz CT molecular complexity index is 701. The van der Waals surface area contributed by atoms with Crippen LogP contribution in [0.4, 0.5) is 0 Å². The van der Waals surface area contributed by atoms with E-state index in [1.165, 1.54) is 5.56 Å². The van der Waals surface area contributed by atoms with Crippen LogP contribution in [0, 0.1) is 0 Å². The normalized spacial score (nSPS) is 13.3. The third-order valence-electron chi connectivity index (χ3n) is 3.48. The quantitative estimate of drug-likeness (QED) is 0.600. The average Bonchev–Trinajstić information content (AvgIpc) is 3.02. The summed E-state index contributed by atoms with van der Waals surface area (Å²) in [6.07, 6.45) is 0.888. The summed E-state index contributed by atoms with van der Waals surface area (Å²) in [7, 11) is 1.65. The van der Waals surface area contributed by atoms with Crippen LogP contribution in [0.1, 0.15) is 11.3 Å². The van der Waals surface area contributed by atoms with E-state index in [0.29, 0.717) is 13.2 Å². The van der Waals surface area contributed by atoms with Crippen molar-refractivity contribution in [3.8, 4) is 0 Å². The Morgan fingerprint density at radius 3 is 2.95 bits per heavy atom. The SMILES string of the molecule is COCCn1c(SCc2ccccc2)nc2c(c1=O)SCC2. The lowest BCUT2D eigenvalue weighted by atomic mass is 10.2. The summed E-state index contributed by atoms with van der Waals surface area (Å²) in [5.41, 5.74) is 2.27. The lowest BCUT2D eigenvalue weighted by Gasteiger charge is -2.13. The lowest BCUT2D eigenvalue weighted by molar-refractivity contribution is 0.182. The van der Waals surface area contributed by atoms with Crippen molar-refractivity contribution in [2.75, 3.05) is 19.5 Å². The number of nitrogens with zero attached hydrogens (tertiary/aromatic N) is 2. The van der Waals surface area contributed by atoms with Gasteiger partial charge in [0.1, 0.15) is 0 Å². The third kappa shape index (κ3) is 3.39. The fourth-order valence-corrected chi connectivity index (χ4v) is 4.38. The molecule has 0 atom stereocenters. The molecule has 0 amide bonds. The van der Waals surface area contributed by atoms with Crippen LogP contribution in [0.5, 0.6) is 0 Å². The van der Waals surface area contributed by atoms with Gasteiger partial charge in [-0.25, -0.2) is 4.98 Å². The monoisotopic (exact) mass is 334 g/mol. The number of thioether (sulfide) groups is 2. The summed E-state index contributed by atoms with van der Waals surface area (Å²) in [6.45, 7) is 1.07. The van der Waals surface area contributed by atoms with E-state index >= 15 is 0 Å². The summed E-state index contributed by atoms with van der Waals surface area (Å²) >= 11 is 3.24. The molecule has 22 heavy (non-hydrogen) atoms. The molecular formula is C16H18N2O2S2. The van der Waals surface area contributed by atoms with E-state index in [1.807, 2.05) is 18.2 Å². The molecule has 0 unspecified atom stereocenters. The Morgan fingerprint density at radius 2 is 2.18 bits per heavy atom. The summed E-state index contributed by atoms with van der Waals surface area (Å²) in [5, 5.41) is 0.798. The van der Waals surface area contributed by atoms with Crippen molar-refractivity contribution in [1.29, 1.82) is 0 Å². The van der Waals surface area contributed by atoms with Crippen LogP contribution in [0.15, 0.2) is 45.2 Å². The molecule has 0 saturated heterocycles. The summed E-state index contributed by atoms with van der Waals surface area (Å²) < 4.78 is 6.89. The molecule has 0 N–H and O–H groups in total. The van der Waals surface area contributed by atoms with Gasteiger partial charge >= 0.3 is 0 Å². The van der Waals surface area contributed by atoms with Crippen molar-refractivity contribution in [3.63, 3.8) is 0 Å². The van der Waals surface area contributed by atoms with Crippen LogP contribution in [0.2, 0.25) is 0 Å². The number of methoxy groups -OCH3 is 1. The van der Waals surface area contributed by atoms with Crippen LogP contribution in [0.25, 0.3) is 0 Å². The number of fused-ring (bicyclic) bond motifs is 1. The summed E-state index contributed by atoms with van der Waals surface area (Å²) in [4.78, 5) is 18.2. The molecule has 1 aliphatic heterocycles. The minimum Gasteiger partial charge on any atom is -0.383 e. The standard InChI is InChI=1S/C16H18N2O2S2/c1-20-9-8-18-15(19)14-13(7-10-21-14)17-16(18)22-11-12-5-3-2-4-6-12/h2-6H,7-11H2,1H3. The second-order valence-corrected chi connectivity index (χ2v) is 7.04. The molecule has 1 aromatic carbocycles. The van der Waals surface area contributed by atoms with Gasteiger partial charge in [0.2, 0.25) is 0 Å². The van der Waals surface area contributed by atoms with Gasteiger partial charge in [-0.1, -0.05) is 42.1 Å². The first-order valence-electron chi connectivity index (χ1n) is 7.22. The van der Waals surface area contributed by atoms with Crippen molar-refractivity contribution in [1.82, 2.24) is 9.55 Å². The summed E-state index contributed by atoms with van der Waals surface area (Å²) in [6, 6.07) is 10.2. The molecule has 1 aliphatic rings. The highest BCUT2D eigenvalue weighted by atomic mass is 32.2. The molecule has 2 heterocycles. The van der Waals surface area contributed by atoms with Crippen LogP contribution in [-0.4, -0.2) is 29.0 Å². The lowest BCUT2D eigenvalue weighted by Crippen LogP contribution is -2.27. The molecule has 2 aromatic rings. The Labute approximate surface area is 138 Å². The Hall–Kier alpha value is -1.24. The van der Waals surface area contributed by atoms with E-state index in [1.54, 1.807) is 35.2 Å². The molecule has 0 radical (unpaired) electrons. The molecule has 0 spiro atoms. The molecule has 1 aromatic heterocycles. The van der Waals surface area contributed by atoms with Gasteiger partial charge in [-0.05, 0) is 5.56 Å². The van der Waals surface area contributed by atoms with Crippen LogP contribution in [-0.2, 0) is 23.5 Å². The number of hydrogen-bond acceptors (Lipinski definition) is 5. The van der Waals surface area contributed by atoms with Gasteiger partial charge in [0.25, 0.3) is 5.56 Å². The van der Waals surface area contributed by atoms with Crippen molar-refractivity contribution in [2.24, 2.45) is 0 Å². The molecule has 0 aliphatic carbocycles. The van der Waals surface area contributed by atoms with Gasteiger partial charge in [-0.15, -0.1) is 11.8 Å². The first-order valence-corrected chi connectivity index (χ1v) is 9.19. The van der Waals surface area contributed by atoms with Gasteiger partial charge in [-0.2, -0.15) is 0 Å². The largest absolute Gasteiger partial charge is 0.383 e. The van der Waals surface area contributed by atoms with Crippen molar-refractivity contribution < 1.29 is 4.74 Å². The minimum atomic E-state index is 0.0834. The predicted molar refractivity (Wildman–Crippen MR) is 90.8 cm³/mol. The first-order chi connectivity index (χ1) is 10.8. The van der Waals surface area contributed by atoms with Crippen LogP contribution in [0.3, 0.4) is 0 Å². The van der Waals surface area contributed by atoms with E-state index in [0.717, 1.165) is 33.7 Å². The van der Waals surface area contributed by atoms with Crippen LogP contribution < -0.4 is 5.56 Å². The van der Waals surface area contributed by atoms with Gasteiger partial charge in [0.05, 0.1) is 23.7 Å². The molecule has 6 heteroatoms. The highest BCUT2D eigenvalue weighted by Gasteiger charge is 2.21. The average molecular weight is 334 g/mol. The second kappa shape index (κ2) is 7.35. The fourth-order valence-electron chi connectivity index (χ4n) is 2.34. The molecule has 4 nitrogen and oxygen atoms in total. The third-order valence-corrected chi connectivity index (χ3v) is 5.63. The molecular weight excluding hydrogens is 316 g/mol. The van der Waals surface area contributed by atoms with E-state index < -0.39 is 0 Å². The Balaban J connectivity index is 1.88. The van der Waals surface area contributed by atoms with E-state index in [2.05, 4.69) is 12.1 Å². The maximum atomic E-state index is 12.6. The number of benzene rings is 1. The zero-order valence-corrected chi connectivity index (χ0v) is 14.1. The fraction of sp³-hybridized carbons (Fsp3) is 0.375. The number of rotatable bonds is 6. The van der Waals surface area contributed by atoms with E-state index in [4.69, 9.17) is 9.72 Å². The molecule has 116 valence electrons. The number of hydrogen-bond donors (Lipinski definition) is 0. The summed E-state index contributed by atoms with van der Waals surface area (Å²) in [5.74, 6) is 1.76. The first kappa shape index (κ1) is 15.6. The van der Waals surface area contributed by atoms with E-state index in [9.17, 15) is 4.79 Å². The predicted octanol–water partition coefficient (Wildman–Crippen LogP) is 2.83. The highest BCUT2D eigenvalue weighted by Crippen LogP contribution is 2.29. The second-order valence-electron chi connectivity index (χ2n) is 4.99. The van der Waals surface area contributed by atoms with Crippen molar-refractivity contribution >= 4 is 23.5 Å². The van der Waals surface area contributed by atoms with Crippen LogP contribution >= 0.6 is 23.5 Å². The number of aromatic nitrogens is 2. The van der Waals surface area contributed by atoms with Gasteiger partial charge in [-0.3, -0.25) is 9.36 Å². The smallest absolute Gasteiger partial charge is 0.268 e.